The maximum Gasteiger partial charge on any atom is 0.304 e. The lowest BCUT2D eigenvalue weighted by molar-refractivity contribution is -0.383. The summed E-state index contributed by atoms with van der Waals surface area (Å²) in [6.07, 6.45) is 0. The third-order valence-corrected chi connectivity index (χ3v) is 4.68. The van der Waals surface area contributed by atoms with Gasteiger partial charge in [0.1, 0.15) is 4.21 Å². The summed E-state index contributed by atoms with van der Waals surface area (Å²) in [4.78, 5) is 9.94. The smallest absolute Gasteiger partial charge is 0.304 e. The molecule has 0 unspecified atom stereocenters. The Morgan fingerprint density at radius 1 is 1.47 bits per heavy atom. The number of nitro groups is 1. The van der Waals surface area contributed by atoms with Crippen LogP contribution in [0.5, 0.6) is 0 Å². The Morgan fingerprint density at radius 2 is 2.07 bits per heavy atom. The van der Waals surface area contributed by atoms with Gasteiger partial charge in [0.2, 0.25) is 10.0 Å². The van der Waals surface area contributed by atoms with Crippen LogP contribution in [0, 0.1) is 10.1 Å². The van der Waals surface area contributed by atoms with Crippen molar-refractivity contribution < 1.29 is 13.3 Å². The summed E-state index contributed by atoms with van der Waals surface area (Å²) >= 11 is 0.816. The number of sulfonamides is 1. The van der Waals surface area contributed by atoms with E-state index in [1.54, 1.807) is 0 Å². The average molecular weight is 251 g/mol. The lowest BCUT2D eigenvalue weighted by Crippen LogP contribution is -2.17. The van der Waals surface area contributed by atoms with E-state index in [9.17, 15) is 18.5 Å². The highest BCUT2D eigenvalue weighted by atomic mass is 32.2. The van der Waals surface area contributed by atoms with Crippen molar-refractivity contribution in [2.45, 2.75) is 4.21 Å². The summed E-state index contributed by atoms with van der Waals surface area (Å²) in [6.45, 7) is 0. The molecule has 0 fully saturated rings. The van der Waals surface area contributed by atoms with Crippen molar-refractivity contribution in [1.82, 2.24) is 4.72 Å². The highest BCUT2D eigenvalue weighted by molar-refractivity contribution is 7.91. The Morgan fingerprint density at radius 3 is 2.40 bits per heavy atom. The standard InChI is InChI=1S/C6H9N3O4S2/c1-7-6-4(9(10)11)3-5(14-6)15(12,13)8-2/h3,7-8H,1-2H3. The van der Waals surface area contributed by atoms with Crippen molar-refractivity contribution in [1.29, 1.82) is 0 Å². The van der Waals surface area contributed by atoms with Gasteiger partial charge in [-0.1, -0.05) is 11.3 Å². The van der Waals surface area contributed by atoms with Crippen LogP contribution in [0.2, 0.25) is 0 Å². The van der Waals surface area contributed by atoms with Crippen LogP contribution in [0.15, 0.2) is 10.3 Å². The number of anilines is 1. The molecule has 1 heterocycles. The van der Waals surface area contributed by atoms with Gasteiger partial charge in [-0.15, -0.1) is 0 Å². The average Bonchev–Trinajstić information content (AvgIpc) is 2.62. The minimum atomic E-state index is -3.62. The van der Waals surface area contributed by atoms with E-state index in [2.05, 4.69) is 10.0 Å². The Balaban J connectivity index is 3.32. The van der Waals surface area contributed by atoms with E-state index in [4.69, 9.17) is 0 Å². The second kappa shape index (κ2) is 4.13. The van der Waals surface area contributed by atoms with Crippen LogP contribution < -0.4 is 10.0 Å². The first kappa shape index (κ1) is 11.9. The van der Waals surface area contributed by atoms with Crippen LogP contribution >= 0.6 is 11.3 Å². The molecule has 0 spiro atoms. The van der Waals surface area contributed by atoms with Gasteiger partial charge in [-0.3, -0.25) is 10.1 Å². The fourth-order valence-corrected chi connectivity index (χ4v) is 3.03. The number of hydrogen-bond acceptors (Lipinski definition) is 6. The van der Waals surface area contributed by atoms with Crippen molar-refractivity contribution in [3.8, 4) is 0 Å². The molecule has 0 aromatic carbocycles. The third kappa shape index (κ3) is 2.25. The van der Waals surface area contributed by atoms with Crippen molar-refractivity contribution in [3.05, 3.63) is 16.2 Å². The molecular formula is C6H9N3O4S2. The molecule has 9 heteroatoms. The molecule has 0 aliphatic carbocycles. The molecule has 0 saturated carbocycles. The number of hydrogen-bond donors (Lipinski definition) is 2. The van der Waals surface area contributed by atoms with Gasteiger partial charge in [-0.2, -0.15) is 0 Å². The molecule has 0 aliphatic heterocycles. The van der Waals surface area contributed by atoms with E-state index in [1.165, 1.54) is 14.1 Å². The van der Waals surface area contributed by atoms with Crippen LogP contribution in [0.4, 0.5) is 10.7 Å². The van der Waals surface area contributed by atoms with Gasteiger partial charge in [-0.25, -0.2) is 13.1 Å². The van der Waals surface area contributed by atoms with Gasteiger partial charge >= 0.3 is 5.69 Å². The van der Waals surface area contributed by atoms with E-state index in [0.717, 1.165) is 17.4 Å². The Hall–Kier alpha value is -1.19. The zero-order valence-electron chi connectivity index (χ0n) is 7.97. The second-order valence-electron chi connectivity index (χ2n) is 2.49. The number of rotatable bonds is 4. The van der Waals surface area contributed by atoms with Crippen LogP contribution in [0.1, 0.15) is 0 Å². The second-order valence-corrected chi connectivity index (χ2v) is 5.66. The van der Waals surface area contributed by atoms with Gasteiger partial charge in [0.05, 0.1) is 4.92 Å². The molecule has 0 aliphatic rings. The summed E-state index contributed by atoms with van der Waals surface area (Å²) in [5, 5.41) is 13.4. The van der Waals surface area contributed by atoms with Crippen LogP contribution in [-0.2, 0) is 10.0 Å². The maximum absolute atomic E-state index is 11.4. The topological polar surface area (TPSA) is 101 Å². The molecule has 15 heavy (non-hydrogen) atoms. The molecule has 0 saturated heterocycles. The molecule has 0 amide bonds. The van der Waals surface area contributed by atoms with Crippen molar-refractivity contribution in [2.75, 3.05) is 19.4 Å². The zero-order valence-corrected chi connectivity index (χ0v) is 9.61. The Labute approximate surface area is 90.3 Å². The third-order valence-electron chi connectivity index (χ3n) is 1.65. The van der Waals surface area contributed by atoms with Crippen LogP contribution in [0.25, 0.3) is 0 Å². The number of thiophene rings is 1. The summed E-state index contributed by atoms with van der Waals surface area (Å²) < 4.78 is 24.7. The van der Waals surface area contributed by atoms with E-state index in [-0.39, 0.29) is 14.9 Å². The van der Waals surface area contributed by atoms with Gasteiger partial charge < -0.3 is 5.32 Å². The number of nitrogens with one attached hydrogen (secondary N) is 2. The van der Waals surface area contributed by atoms with Crippen LogP contribution in [0.3, 0.4) is 0 Å². The molecule has 7 nitrogen and oxygen atoms in total. The highest BCUT2D eigenvalue weighted by Gasteiger charge is 2.24. The molecule has 84 valence electrons. The van der Waals surface area contributed by atoms with Gasteiger partial charge in [-0.05, 0) is 7.05 Å². The molecule has 0 radical (unpaired) electrons. The van der Waals surface area contributed by atoms with Crippen molar-refractivity contribution >= 4 is 32.0 Å². The maximum atomic E-state index is 11.4. The fraction of sp³-hybridized carbons (Fsp3) is 0.333. The first-order valence-corrected chi connectivity index (χ1v) is 6.12. The Kier molecular flexibility index (Phi) is 3.27. The molecule has 0 atom stereocenters. The summed E-state index contributed by atoms with van der Waals surface area (Å²) in [5.74, 6) is 0. The summed E-state index contributed by atoms with van der Waals surface area (Å²) in [5.41, 5.74) is -0.240. The minimum Gasteiger partial charge on any atom is -0.374 e. The van der Waals surface area contributed by atoms with Crippen molar-refractivity contribution in [2.24, 2.45) is 0 Å². The van der Waals surface area contributed by atoms with Crippen LogP contribution in [-0.4, -0.2) is 27.4 Å². The molecule has 1 aromatic rings. The predicted octanol–water partition coefficient (Wildman–Crippen LogP) is 0.606. The summed E-state index contributed by atoms with van der Waals surface area (Å²) in [7, 11) is -0.875. The van der Waals surface area contributed by atoms with Gasteiger partial charge in [0.15, 0.2) is 5.00 Å². The zero-order chi connectivity index (χ0) is 11.6. The summed E-state index contributed by atoms with van der Waals surface area (Å²) in [6, 6.07) is 1.03. The quantitative estimate of drug-likeness (QED) is 0.603. The van der Waals surface area contributed by atoms with E-state index in [1.807, 2.05) is 0 Å². The SMILES string of the molecule is CNc1sc(S(=O)(=O)NC)cc1[N+](=O)[O-]. The largest absolute Gasteiger partial charge is 0.374 e. The lowest BCUT2D eigenvalue weighted by Gasteiger charge is -1.95. The van der Waals surface area contributed by atoms with Gasteiger partial charge in [0.25, 0.3) is 0 Å². The number of nitrogens with zero attached hydrogens (tertiary/aromatic N) is 1. The van der Waals surface area contributed by atoms with E-state index < -0.39 is 14.9 Å². The Bertz CT molecular complexity index is 479. The highest BCUT2D eigenvalue weighted by Crippen LogP contribution is 2.36. The lowest BCUT2D eigenvalue weighted by atomic mass is 10.5. The normalized spacial score (nSPS) is 11.3. The van der Waals surface area contributed by atoms with Gasteiger partial charge in [0, 0.05) is 13.1 Å². The molecule has 0 bridgehead atoms. The molecule has 1 aromatic heterocycles. The first-order chi connectivity index (χ1) is 6.92. The van der Waals surface area contributed by atoms with E-state index in [0.29, 0.717) is 0 Å². The van der Waals surface area contributed by atoms with Crippen molar-refractivity contribution in [3.63, 3.8) is 0 Å². The molecule has 2 N–H and O–H groups in total. The fourth-order valence-electron chi connectivity index (χ4n) is 0.907. The first-order valence-electron chi connectivity index (χ1n) is 3.82. The molecule has 1 rings (SSSR count). The van der Waals surface area contributed by atoms with E-state index >= 15 is 0 Å². The minimum absolute atomic E-state index is 0.0824. The predicted molar refractivity (Wildman–Crippen MR) is 56.8 cm³/mol. The molecular weight excluding hydrogens is 242 g/mol. The monoisotopic (exact) mass is 251 g/mol.